The van der Waals surface area contributed by atoms with E-state index in [-0.39, 0.29) is 5.91 Å². The van der Waals surface area contributed by atoms with Crippen molar-refractivity contribution < 1.29 is 4.79 Å². The van der Waals surface area contributed by atoms with Crippen LogP contribution in [-0.2, 0) is 0 Å². The number of carbonyl (C=O) groups excluding carboxylic acids is 1. The number of amides is 1. The standard InChI is InChI=1S/C17H19BrN4O/c1-12-8-10-22(11-9-12)17(23)15-6-7-16(21-20-15)19-14-4-2-13(18)3-5-14/h2-7,12H,8-11H2,1H3,(H,19,21). The zero-order valence-corrected chi connectivity index (χ0v) is 14.6. The normalized spacial score (nSPS) is 15.5. The van der Waals surface area contributed by atoms with Crippen LogP contribution in [0.5, 0.6) is 0 Å². The van der Waals surface area contributed by atoms with Crippen LogP contribution >= 0.6 is 15.9 Å². The van der Waals surface area contributed by atoms with Gasteiger partial charge in [0.15, 0.2) is 11.5 Å². The first-order chi connectivity index (χ1) is 11.1. The molecule has 2 aromatic rings. The van der Waals surface area contributed by atoms with Crippen LogP contribution in [0.25, 0.3) is 0 Å². The summed E-state index contributed by atoms with van der Waals surface area (Å²) in [6.07, 6.45) is 2.12. The molecule has 1 aliphatic rings. The van der Waals surface area contributed by atoms with Crippen LogP contribution in [0, 0.1) is 5.92 Å². The number of carbonyl (C=O) groups is 1. The molecule has 1 fully saturated rings. The molecule has 1 amide bonds. The summed E-state index contributed by atoms with van der Waals surface area (Å²) in [5.41, 5.74) is 1.33. The highest BCUT2D eigenvalue weighted by molar-refractivity contribution is 9.10. The van der Waals surface area contributed by atoms with Gasteiger partial charge in [-0.1, -0.05) is 22.9 Å². The van der Waals surface area contributed by atoms with Gasteiger partial charge in [0.1, 0.15) is 0 Å². The van der Waals surface area contributed by atoms with Gasteiger partial charge in [0.25, 0.3) is 5.91 Å². The Hall–Kier alpha value is -1.95. The number of hydrogen-bond donors (Lipinski definition) is 1. The van der Waals surface area contributed by atoms with E-state index in [4.69, 9.17) is 0 Å². The van der Waals surface area contributed by atoms with Crippen LogP contribution in [0.4, 0.5) is 11.5 Å². The smallest absolute Gasteiger partial charge is 0.274 e. The van der Waals surface area contributed by atoms with Gasteiger partial charge in [0.2, 0.25) is 0 Å². The van der Waals surface area contributed by atoms with E-state index in [0.29, 0.717) is 17.4 Å². The number of hydrogen-bond acceptors (Lipinski definition) is 4. The van der Waals surface area contributed by atoms with Crippen LogP contribution in [0.2, 0.25) is 0 Å². The number of anilines is 2. The van der Waals surface area contributed by atoms with Gasteiger partial charge in [-0.25, -0.2) is 0 Å². The Balaban J connectivity index is 1.64. The lowest BCUT2D eigenvalue weighted by molar-refractivity contribution is 0.0690. The van der Waals surface area contributed by atoms with Gasteiger partial charge in [0, 0.05) is 23.2 Å². The zero-order valence-electron chi connectivity index (χ0n) is 13.0. The van der Waals surface area contributed by atoms with Crippen molar-refractivity contribution in [1.82, 2.24) is 15.1 Å². The molecule has 0 unspecified atom stereocenters. The molecule has 0 atom stereocenters. The Morgan fingerprint density at radius 3 is 2.43 bits per heavy atom. The molecule has 23 heavy (non-hydrogen) atoms. The van der Waals surface area contributed by atoms with Crippen LogP contribution < -0.4 is 5.32 Å². The summed E-state index contributed by atoms with van der Waals surface area (Å²) in [4.78, 5) is 14.3. The van der Waals surface area contributed by atoms with Crippen LogP contribution in [-0.4, -0.2) is 34.1 Å². The van der Waals surface area contributed by atoms with Crippen molar-refractivity contribution >= 4 is 33.3 Å². The third kappa shape index (κ3) is 4.07. The van der Waals surface area contributed by atoms with Crippen molar-refractivity contribution in [2.24, 2.45) is 5.92 Å². The number of likely N-dealkylation sites (tertiary alicyclic amines) is 1. The minimum atomic E-state index is -0.0282. The number of aromatic nitrogens is 2. The van der Waals surface area contributed by atoms with Crippen molar-refractivity contribution in [3.8, 4) is 0 Å². The summed E-state index contributed by atoms with van der Waals surface area (Å²) in [7, 11) is 0. The molecule has 1 aliphatic heterocycles. The first-order valence-electron chi connectivity index (χ1n) is 7.77. The molecule has 0 saturated carbocycles. The summed E-state index contributed by atoms with van der Waals surface area (Å²) in [5.74, 6) is 1.29. The molecule has 6 heteroatoms. The quantitative estimate of drug-likeness (QED) is 0.885. The van der Waals surface area contributed by atoms with Gasteiger partial charge in [-0.05, 0) is 55.2 Å². The molecule has 0 bridgehead atoms. The molecule has 0 aliphatic carbocycles. The van der Waals surface area contributed by atoms with E-state index in [1.165, 1.54) is 0 Å². The fraction of sp³-hybridized carbons (Fsp3) is 0.353. The molecule has 1 N–H and O–H groups in total. The van der Waals surface area contributed by atoms with Crippen LogP contribution in [0.1, 0.15) is 30.3 Å². The largest absolute Gasteiger partial charge is 0.339 e. The molecule has 0 radical (unpaired) electrons. The van der Waals surface area contributed by atoms with Gasteiger partial charge in [-0.15, -0.1) is 10.2 Å². The fourth-order valence-corrected chi connectivity index (χ4v) is 2.83. The Labute approximate surface area is 144 Å². The zero-order chi connectivity index (χ0) is 16.2. The summed E-state index contributed by atoms with van der Waals surface area (Å²) in [5, 5.41) is 11.3. The molecular formula is C17H19BrN4O. The molecule has 3 rings (SSSR count). The maximum Gasteiger partial charge on any atom is 0.274 e. The molecule has 2 heterocycles. The fourth-order valence-electron chi connectivity index (χ4n) is 2.57. The highest BCUT2D eigenvalue weighted by atomic mass is 79.9. The number of rotatable bonds is 3. The number of halogens is 1. The molecule has 1 aromatic carbocycles. The van der Waals surface area contributed by atoms with E-state index in [0.717, 1.165) is 36.1 Å². The van der Waals surface area contributed by atoms with Crippen LogP contribution in [0.3, 0.4) is 0 Å². The molecule has 1 saturated heterocycles. The number of nitrogens with one attached hydrogen (secondary N) is 1. The van der Waals surface area contributed by atoms with Gasteiger partial charge < -0.3 is 10.2 Å². The predicted octanol–water partition coefficient (Wildman–Crippen LogP) is 3.85. The monoisotopic (exact) mass is 374 g/mol. The highest BCUT2D eigenvalue weighted by Gasteiger charge is 2.22. The average molecular weight is 375 g/mol. The second-order valence-electron chi connectivity index (χ2n) is 5.91. The minimum Gasteiger partial charge on any atom is -0.339 e. The van der Waals surface area contributed by atoms with E-state index >= 15 is 0 Å². The predicted molar refractivity (Wildman–Crippen MR) is 93.8 cm³/mol. The van der Waals surface area contributed by atoms with E-state index in [1.807, 2.05) is 29.2 Å². The number of benzene rings is 1. The lowest BCUT2D eigenvalue weighted by atomic mass is 9.99. The van der Waals surface area contributed by atoms with Crippen LogP contribution in [0.15, 0.2) is 40.9 Å². The lowest BCUT2D eigenvalue weighted by Crippen LogP contribution is -2.38. The lowest BCUT2D eigenvalue weighted by Gasteiger charge is -2.29. The van der Waals surface area contributed by atoms with Gasteiger partial charge in [-0.3, -0.25) is 4.79 Å². The van der Waals surface area contributed by atoms with Crippen molar-refractivity contribution in [3.05, 3.63) is 46.6 Å². The SMILES string of the molecule is CC1CCN(C(=O)c2ccc(Nc3ccc(Br)cc3)nn2)CC1. The first kappa shape index (κ1) is 15.9. The highest BCUT2D eigenvalue weighted by Crippen LogP contribution is 2.19. The summed E-state index contributed by atoms with van der Waals surface area (Å²) in [6.45, 7) is 3.84. The topological polar surface area (TPSA) is 58.1 Å². The first-order valence-corrected chi connectivity index (χ1v) is 8.57. The Morgan fingerprint density at radius 1 is 1.13 bits per heavy atom. The molecule has 120 valence electrons. The number of piperidine rings is 1. The average Bonchev–Trinajstić information content (AvgIpc) is 2.58. The number of nitrogens with zero attached hydrogens (tertiary/aromatic N) is 3. The third-order valence-electron chi connectivity index (χ3n) is 4.07. The second-order valence-corrected chi connectivity index (χ2v) is 6.83. The maximum atomic E-state index is 12.4. The molecule has 1 aromatic heterocycles. The van der Waals surface area contributed by atoms with Crippen molar-refractivity contribution in [1.29, 1.82) is 0 Å². The van der Waals surface area contributed by atoms with Crippen molar-refractivity contribution in [2.45, 2.75) is 19.8 Å². The Morgan fingerprint density at radius 2 is 1.83 bits per heavy atom. The minimum absolute atomic E-state index is 0.0282. The van der Waals surface area contributed by atoms with E-state index in [9.17, 15) is 4.79 Å². The van der Waals surface area contributed by atoms with E-state index in [2.05, 4.69) is 38.4 Å². The van der Waals surface area contributed by atoms with Gasteiger partial charge in [-0.2, -0.15) is 0 Å². The third-order valence-corrected chi connectivity index (χ3v) is 4.60. The Kier molecular flexibility index (Phi) is 4.91. The van der Waals surface area contributed by atoms with Gasteiger partial charge >= 0.3 is 0 Å². The van der Waals surface area contributed by atoms with Crippen molar-refractivity contribution in [2.75, 3.05) is 18.4 Å². The molecule has 0 spiro atoms. The maximum absolute atomic E-state index is 12.4. The summed E-state index contributed by atoms with van der Waals surface area (Å²) < 4.78 is 1.02. The Bertz CT molecular complexity index is 664. The molecule has 5 nitrogen and oxygen atoms in total. The van der Waals surface area contributed by atoms with Crippen molar-refractivity contribution in [3.63, 3.8) is 0 Å². The van der Waals surface area contributed by atoms with Gasteiger partial charge in [0.05, 0.1) is 0 Å². The second kappa shape index (κ2) is 7.08. The molecular weight excluding hydrogens is 356 g/mol. The van der Waals surface area contributed by atoms with E-state index in [1.54, 1.807) is 12.1 Å². The van der Waals surface area contributed by atoms with E-state index < -0.39 is 0 Å². The summed E-state index contributed by atoms with van der Waals surface area (Å²) in [6, 6.07) is 11.3. The summed E-state index contributed by atoms with van der Waals surface area (Å²) >= 11 is 3.40.